The van der Waals surface area contributed by atoms with Gasteiger partial charge >= 0.3 is 0 Å². The lowest BCUT2D eigenvalue weighted by molar-refractivity contribution is -0.385. The summed E-state index contributed by atoms with van der Waals surface area (Å²) in [5.74, 6) is 0.149. The molecule has 0 amide bonds. The Balaban J connectivity index is 2.39. The van der Waals surface area contributed by atoms with Gasteiger partial charge in [0.2, 0.25) is 0 Å². The molecule has 0 spiro atoms. The van der Waals surface area contributed by atoms with Gasteiger partial charge in [-0.25, -0.2) is 0 Å². The summed E-state index contributed by atoms with van der Waals surface area (Å²) in [5, 5.41) is 11.0. The summed E-state index contributed by atoms with van der Waals surface area (Å²) < 4.78 is 1.89. The van der Waals surface area contributed by atoms with E-state index in [2.05, 4.69) is 0 Å². The molecule has 2 aromatic rings. The van der Waals surface area contributed by atoms with Gasteiger partial charge in [-0.05, 0) is 18.4 Å². The van der Waals surface area contributed by atoms with E-state index in [-0.39, 0.29) is 22.0 Å². The molecular formula is C16H18N2O3. The van der Waals surface area contributed by atoms with Gasteiger partial charge in [-0.3, -0.25) is 14.9 Å². The van der Waals surface area contributed by atoms with E-state index < -0.39 is 0 Å². The number of aromatic nitrogens is 1. The Kier molecular flexibility index (Phi) is 4.21. The maximum Gasteiger partial charge on any atom is 0.272 e. The molecule has 0 aliphatic rings. The summed E-state index contributed by atoms with van der Waals surface area (Å²) in [6.45, 7) is 6.20. The van der Waals surface area contributed by atoms with Gasteiger partial charge in [0.05, 0.1) is 4.92 Å². The van der Waals surface area contributed by atoms with Gasteiger partial charge in [-0.2, -0.15) is 0 Å². The first kappa shape index (κ1) is 15.0. The van der Waals surface area contributed by atoms with Crippen LogP contribution in [0.4, 0.5) is 5.69 Å². The van der Waals surface area contributed by atoms with Crippen LogP contribution in [-0.2, 0) is 6.54 Å². The summed E-state index contributed by atoms with van der Waals surface area (Å²) in [6, 6.07) is 6.60. The third-order valence-corrected chi connectivity index (χ3v) is 3.60. The second-order valence-electron chi connectivity index (χ2n) is 5.41. The molecule has 0 fully saturated rings. The molecule has 0 unspecified atom stereocenters. The lowest BCUT2D eigenvalue weighted by Gasteiger charge is -2.12. The zero-order valence-electron chi connectivity index (χ0n) is 12.4. The number of nitro benzene ring substituents is 1. The van der Waals surface area contributed by atoms with Crippen LogP contribution in [0.2, 0.25) is 0 Å². The lowest BCUT2D eigenvalue weighted by atomic mass is 10.0. The summed E-state index contributed by atoms with van der Waals surface area (Å²) in [4.78, 5) is 22.4. The maximum atomic E-state index is 11.8. The molecule has 0 saturated carbocycles. The summed E-state index contributed by atoms with van der Waals surface area (Å²) in [6.07, 6.45) is 3.54. The zero-order valence-corrected chi connectivity index (χ0v) is 12.4. The first-order valence-electron chi connectivity index (χ1n) is 6.83. The van der Waals surface area contributed by atoms with Crippen molar-refractivity contribution in [3.05, 3.63) is 73.7 Å². The molecule has 5 heteroatoms. The van der Waals surface area contributed by atoms with Crippen molar-refractivity contribution in [3.63, 3.8) is 0 Å². The smallest absolute Gasteiger partial charge is 0.272 e. The Labute approximate surface area is 123 Å². The highest BCUT2D eigenvalue weighted by Gasteiger charge is 2.13. The highest BCUT2D eigenvalue weighted by molar-refractivity contribution is 5.44. The van der Waals surface area contributed by atoms with E-state index in [1.807, 2.05) is 30.7 Å². The van der Waals surface area contributed by atoms with E-state index in [9.17, 15) is 14.9 Å². The molecule has 21 heavy (non-hydrogen) atoms. The van der Waals surface area contributed by atoms with Gasteiger partial charge in [0, 0.05) is 42.2 Å². The van der Waals surface area contributed by atoms with Crippen molar-refractivity contribution < 1.29 is 4.92 Å². The Bertz CT molecular complexity index is 733. The van der Waals surface area contributed by atoms with E-state index in [1.54, 1.807) is 25.3 Å². The molecule has 0 aliphatic carbocycles. The highest BCUT2D eigenvalue weighted by atomic mass is 16.6. The van der Waals surface area contributed by atoms with Gasteiger partial charge in [0.15, 0.2) is 5.43 Å². The normalized spacial score (nSPS) is 10.9. The molecule has 110 valence electrons. The SMILES string of the molecule is Cc1c(Cn2ccc(=O)c(C(C)C)c2)cccc1[N+](=O)[O-]. The molecule has 1 aromatic heterocycles. The van der Waals surface area contributed by atoms with Crippen LogP contribution in [0.25, 0.3) is 0 Å². The lowest BCUT2D eigenvalue weighted by Crippen LogP contribution is -2.14. The van der Waals surface area contributed by atoms with Crippen molar-refractivity contribution in [2.75, 3.05) is 0 Å². The first-order valence-corrected chi connectivity index (χ1v) is 6.83. The molecule has 0 radical (unpaired) electrons. The summed E-state index contributed by atoms with van der Waals surface area (Å²) >= 11 is 0. The van der Waals surface area contributed by atoms with E-state index in [0.29, 0.717) is 12.1 Å². The largest absolute Gasteiger partial charge is 0.349 e. The number of hydrogen-bond acceptors (Lipinski definition) is 3. The number of pyridine rings is 1. The van der Waals surface area contributed by atoms with Crippen LogP contribution < -0.4 is 5.43 Å². The number of nitrogens with zero attached hydrogens (tertiary/aromatic N) is 2. The number of rotatable bonds is 4. The fraction of sp³-hybridized carbons (Fsp3) is 0.312. The van der Waals surface area contributed by atoms with Gasteiger partial charge in [-0.15, -0.1) is 0 Å². The van der Waals surface area contributed by atoms with Crippen LogP contribution in [0.5, 0.6) is 0 Å². The number of hydrogen-bond donors (Lipinski definition) is 0. The minimum absolute atomic E-state index is 0.0250. The quantitative estimate of drug-likeness (QED) is 0.640. The third kappa shape index (κ3) is 3.18. The first-order chi connectivity index (χ1) is 9.90. The second kappa shape index (κ2) is 5.91. The van der Waals surface area contributed by atoms with Crippen molar-refractivity contribution in [1.29, 1.82) is 0 Å². The second-order valence-corrected chi connectivity index (χ2v) is 5.41. The van der Waals surface area contributed by atoms with E-state index in [4.69, 9.17) is 0 Å². The Hall–Kier alpha value is -2.43. The van der Waals surface area contributed by atoms with Gasteiger partial charge in [0.25, 0.3) is 5.69 Å². The van der Waals surface area contributed by atoms with Gasteiger partial charge < -0.3 is 4.57 Å². The third-order valence-electron chi connectivity index (χ3n) is 3.60. The molecule has 1 aromatic carbocycles. The van der Waals surface area contributed by atoms with Crippen molar-refractivity contribution in [3.8, 4) is 0 Å². The molecule has 0 aliphatic heterocycles. The van der Waals surface area contributed by atoms with Crippen LogP contribution in [0.1, 0.15) is 36.5 Å². The average Bonchev–Trinajstić information content (AvgIpc) is 2.42. The number of nitro groups is 1. The highest BCUT2D eigenvalue weighted by Crippen LogP contribution is 2.22. The minimum atomic E-state index is -0.371. The molecule has 5 nitrogen and oxygen atoms in total. The van der Waals surface area contributed by atoms with Crippen molar-refractivity contribution in [1.82, 2.24) is 4.57 Å². The maximum absolute atomic E-state index is 11.8. The summed E-state index contributed by atoms with van der Waals surface area (Å²) in [5.41, 5.74) is 2.44. The van der Waals surface area contributed by atoms with Crippen LogP contribution in [-0.4, -0.2) is 9.49 Å². The molecular weight excluding hydrogens is 268 g/mol. The summed E-state index contributed by atoms with van der Waals surface area (Å²) in [7, 11) is 0. The van der Waals surface area contributed by atoms with Crippen LogP contribution >= 0.6 is 0 Å². The van der Waals surface area contributed by atoms with Crippen LogP contribution in [0, 0.1) is 17.0 Å². The molecule has 0 bridgehead atoms. The van der Waals surface area contributed by atoms with Gasteiger partial charge in [-0.1, -0.05) is 26.0 Å². The topological polar surface area (TPSA) is 65.1 Å². The monoisotopic (exact) mass is 286 g/mol. The Morgan fingerprint density at radius 1 is 1.29 bits per heavy atom. The van der Waals surface area contributed by atoms with Crippen LogP contribution in [0.3, 0.4) is 0 Å². The predicted molar refractivity (Wildman–Crippen MR) is 81.7 cm³/mol. The van der Waals surface area contributed by atoms with E-state index in [1.165, 1.54) is 6.07 Å². The molecule has 0 atom stereocenters. The number of benzene rings is 1. The Morgan fingerprint density at radius 3 is 2.62 bits per heavy atom. The van der Waals surface area contributed by atoms with Crippen molar-refractivity contribution >= 4 is 5.69 Å². The van der Waals surface area contributed by atoms with Gasteiger partial charge in [0.1, 0.15) is 0 Å². The minimum Gasteiger partial charge on any atom is -0.349 e. The molecule has 0 N–H and O–H groups in total. The average molecular weight is 286 g/mol. The van der Waals surface area contributed by atoms with Crippen LogP contribution in [0.15, 0.2) is 41.5 Å². The standard InChI is InChI=1S/C16H18N2O3/c1-11(2)14-10-17(8-7-16(14)19)9-13-5-4-6-15(12(13)3)18(20)21/h4-8,10-11H,9H2,1-3H3. The van der Waals surface area contributed by atoms with Crippen molar-refractivity contribution in [2.24, 2.45) is 0 Å². The fourth-order valence-corrected chi connectivity index (χ4v) is 2.31. The van der Waals surface area contributed by atoms with E-state index in [0.717, 1.165) is 11.1 Å². The molecule has 2 rings (SSSR count). The predicted octanol–water partition coefficient (Wildman–Crippen LogP) is 3.24. The van der Waals surface area contributed by atoms with Crippen molar-refractivity contribution in [2.45, 2.75) is 33.2 Å². The molecule has 1 heterocycles. The Morgan fingerprint density at radius 2 is 2.00 bits per heavy atom. The fourth-order valence-electron chi connectivity index (χ4n) is 2.31. The van der Waals surface area contributed by atoms with E-state index >= 15 is 0 Å². The molecule has 0 saturated heterocycles. The zero-order chi connectivity index (χ0) is 15.6.